The number of phenolic OH excluding ortho intramolecular Hbond substituents is 2. The Labute approximate surface area is 148 Å². The van der Waals surface area contributed by atoms with Crippen molar-refractivity contribution in [3.05, 3.63) is 33.7 Å². The highest BCUT2D eigenvalue weighted by molar-refractivity contribution is 5.89. The van der Waals surface area contributed by atoms with E-state index in [2.05, 4.69) is 0 Å². The van der Waals surface area contributed by atoms with Gasteiger partial charge in [-0.25, -0.2) is 4.79 Å². The highest BCUT2D eigenvalue weighted by atomic mass is 16.4. The SMILES string of the molecule is Cc1c(CC(=O)N2CCC(C(N)=O)CC2)c(=O)oc2c(O)c(O)ccc12. The lowest BCUT2D eigenvalue weighted by atomic mass is 9.95. The molecule has 0 bridgehead atoms. The molecule has 138 valence electrons. The number of nitrogens with two attached hydrogens (primary N) is 1. The second kappa shape index (κ2) is 6.70. The third-order valence-electron chi connectivity index (χ3n) is 4.99. The van der Waals surface area contributed by atoms with Crippen LogP contribution in [0.1, 0.15) is 24.0 Å². The zero-order valence-electron chi connectivity index (χ0n) is 14.3. The molecule has 0 saturated carbocycles. The van der Waals surface area contributed by atoms with E-state index in [1.807, 2.05) is 0 Å². The number of hydrogen-bond donors (Lipinski definition) is 3. The summed E-state index contributed by atoms with van der Waals surface area (Å²) in [5.74, 6) is -1.70. The molecule has 2 aromatic rings. The average molecular weight is 360 g/mol. The maximum atomic E-state index is 12.5. The number of amides is 2. The molecule has 8 nitrogen and oxygen atoms in total. The van der Waals surface area contributed by atoms with Crippen molar-refractivity contribution >= 4 is 22.8 Å². The number of phenols is 2. The fourth-order valence-corrected chi connectivity index (χ4v) is 3.31. The number of rotatable bonds is 3. The van der Waals surface area contributed by atoms with E-state index in [0.29, 0.717) is 36.9 Å². The van der Waals surface area contributed by atoms with E-state index in [-0.39, 0.29) is 41.0 Å². The molecule has 3 rings (SSSR count). The van der Waals surface area contributed by atoms with Gasteiger partial charge in [0.15, 0.2) is 11.3 Å². The van der Waals surface area contributed by atoms with Gasteiger partial charge < -0.3 is 25.3 Å². The van der Waals surface area contributed by atoms with Crippen molar-refractivity contribution in [3.63, 3.8) is 0 Å². The van der Waals surface area contributed by atoms with Crippen LogP contribution in [0.2, 0.25) is 0 Å². The van der Waals surface area contributed by atoms with E-state index in [1.165, 1.54) is 12.1 Å². The van der Waals surface area contributed by atoms with Gasteiger partial charge in [0.2, 0.25) is 17.6 Å². The molecule has 1 aliphatic rings. The van der Waals surface area contributed by atoms with Gasteiger partial charge in [0.1, 0.15) is 0 Å². The number of likely N-dealkylation sites (tertiary alicyclic amines) is 1. The first-order valence-corrected chi connectivity index (χ1v) is 8.34. The smallest absolute Gasteiger partial charge is 0.340 e. The van der Waals surface area contributed by atoms with Crippen LogP contribution in [0.4, 0.5) is 0 Å². The minimum Gasteiger partial charge on any atom is -0.504 e. The van der Waals surface area contributed by atoms with Crippen LogP contribution in [-0.2, 0) is 16.0 Å². The zero-order valence-corrected chi connectivity index (χ0v) is 14.3. The fourth-order valence-electron chi connectivity index (χ4n) is 3.31. The molecular formula is C18H20N2O6. The number of piperidine rings is 1. The Kier molecular flexibility index (Phi) is 4.58. The number of primary amides is 1. The summed E-state index contributed by atoms with van der Waals surface area (Å²) in [6.45, 7) is 2.50. The van der Waals surface area contributed by atoms with Gasteiger partial charge in [-0.2, -0.15) is 0 Å². The van der Waals surface area contributed by atoms with Crippen molar-refractivity contribution in [3.8, 4) is 11.5 Å². The Morgan fingerprint density at radius 1 is 1.27 bits per heavy atom. The van der Waals surface area contributed by atoms with Crippen molar-refractivity contribution in [1.82, 2.24) is 4.90 Å². The molecule has 1 aromatic heterocycles. The van der Waals surface area contributed by atoms with Gasteiger partial charge in [-0.1, -0.05) is 0 Å². The molecule has 0 spiro atoms. The van der Waals surface area contributed by atoms with Crippen LogP contribution in [-0.4, -0.2) is 40.0 Å². The number of aromatic hydroxyl groups is 2. The molecule has 0 aliphatic carbocycles. The fraction of sp³-hybridized carbons (Fsp3) is 0.389. The lowest BCUT2D eigenvalue weighted by molar-refractivity contribution is -0.134. The predicted octanol–water partition coefficient (Wildman–Crippen LogP) is 0.779. The Morgan fingerprint density at radius 2 is 1.92 bits per heavy atom. The first-order valence-electron chi connectivity index (χ1n) is 8.34. The van der Waals surface area contributed by atoms with Crippen LogP contribution in [0.3, 0.4) is 0 Å². The summed E-state index contributed by atoms with van der Waals surface area (Å²) in [5.41, 5.74) is 5.19. The molecule has 0 unspecified atom stereocenters. The molecule has 4 N–H and O–H groups in total. The number of aryl methyl sites for hydroxylation is 1. The van der Waals surface area contributed by atoms with E-state index in [0.717, 1.165) is 0 Å². The van der Waals surface area contributed by atoms with Crippen molar-refractivity contribution < 1.29 is 24.2 Å². The van der Waals surface area contributed by atoms with Gasteiger partial charge >= 0.3 is 5.63 Å². The average Bonchev–Trinajstić information content (AvgIpc) is 2.62. The first kappa shape index (κ1) is 17.8. The Morgan fingerprint density at radius 3 is 2.54 bits per heavy atom. The molecule has 8 heteroatoms. The molecule has 2 heterocycles. The number of carbonyl (C=O) groups is 2. The molecule has 2 amide bonds. The van der Waals surface area contributed by atoms with Crippen LogP contribution in [0, 0.1) is 12.8 Å². The molecule has 1 saturated heterocycles. The molecule has 1 aromatic carbocycles. The monoisotopic (exact) mass is 360 g/mol. The summed E-state index contributed by atoms with van der Waals surface area (Å²) in [4.78, 5) is 37.7. The normalized spacial score (nSPS) is 15.3. The van der Waals surface area contributed by atoms with Gasteiger partial charge in [-0.05, 0) is 37.5 Å². The summed E-state index contributed by atoms with van der Waals surface area (Å²) in [6.07, 6.45) is 0.895. The van der Waals surface area contributed by atoms with E-state index < -0.39 is 11.4 Å². The van der Waals surface area contributed by atoms with E-state index in [1.54, 1.807) is 11.8 Å². The van der Waals surface area contributed by atoms with Crippen molar-refractivity contribution in [2.45, 2.75) is 26.2 Å². The summed E-state index contributed by atoms with van der Waals surface area (Å²) in [6, 6.07) is 2.82. The van der Waals surface area contributed by atoms with Gasteiger partial charge in [0, 0.05) is 24.4 Å². The lowest BCUT2D eigenvalue weighted by Gasteiger charge is -2.30. The van der Waals surface area contributed by atoms with Crippen molar-refractivity contribution in [2.24, 2.45) is 11.7 Å². The largest absolute Gasteiger partial charge is 0.504 e. The molecule has 26 heavy (non-hydrogen) atoms. The highest BCUT2D eigenvalue weighted by Gasteiger charge is 2.27. The van der Waals surface area contributed by atoms with Gasteiger partial charge in [0.25, 0.3) is 0 Å². The van der Waals surface area contributed by atoms with E-state index >= 15 is 0 Å². The molecular weight excluding hydrogens is 340 g/mol. The van der Waals surface area contributed by atoms with Crippen LogP contribution >= 0.6 is 0 Å². The van der Waals surface area contributed by atoms with E-state index in [9.17, 15) is 24.6 Å². The second-order valence-corrected chi connectivity index (χ2v) is 6.54. The summed E-state index contributed by atoms with van der Waals surface area (Å²) < 4.78 is 5.12. The van der Waals surface area contributed by atoms with Crippen molar-refractivity contribution in [1.29, 1.82) is 0 Å². The summed E-state index contributed by atoms with van der Waals surface area (Å²) in [5, 5.41) is 19.9. The number of nitrogens with zero attached hydrogens (tertiary/aromatic N) is 1. The van der Waals surface area contributed by atoms with Crippen LogP contribution in [0.5, 0.6) is 11.5 Å². The van der Waals surface area contributed by atoms with E-state index in [4.69, 9.17) is 10.2 Å². The van der Waals surface area contributed by atoms with Crippen LogP contribution < -0.4 is 11.4 Å². The third kappa shape index (κ3) is 3.10. The quantitative estimate of drug-likeness (QED) is 0.547. The molecule has 0 radical (unpaired) electrons. The summed E-state index contributed by atoms with van der Waals surface area (Å²) in [7, 11) is 0. The Balaban J connectivity index is 1.85. The zero-order chi connectivity index (χ0) is 19.0. The topological polar surface area (TPSA) is 134 Å². The highest BCUT2D eigenvalue weighted by Crippen LogP contribution is 2.34. The number of fused-ring (bicyclic) bond motifs is 1. The number of benzene rings is 1. The maximum Gasteiger partial charge on any atom is 0.340 e. The van der Waals surface area contributed by atoms with Crippen LogP contribution in [0.15, 0.2) is 21.3 Å². The second-order valence-electron chi connectivity index (χ2n) is 6.54. The predicted molar refractivity (Wildman–Crippen MR) is 92.8 cm³/mol. The minimum absolute atomic E-state index is 0.106. The Hall–Kier alpha value is -3.03. The molecule has 1 aliphatic heterocycles. The third-order valence-corrected chi connectivity index (χ3v) is 4.99. The van der Waals surface area contributed by atoms with Crippen molar-refractivity contribution in [2.75, 3.05) is 13.1 Å². The standard InChI is InChI=1S/C18H20N2O6/c1-9-11-2-3-13(21)15(23)16(11)26-18(25)12(9)8-14(22)20-6-4-10(5-7-20)17(19)24/h2-3,10,21,23H,4-8H2,1H3,(H2,19,24). The number of hydrogen-bond acceptors (Lipinski definition) is 6. The maximum absolute atomic E-state index is 12.5. The lowest BCUT2D eigenvalue weighted by Crippen LogP contribution is -2.42. The van der Waals surface area contributed by atoms with Gasteiger partial charge in [-0.3, -0.25) is 9.59 Å². The van der Waals surface area contributed by atoms with Gasteiger partial charge in [-0.15, -0.1) is 0 Å². The van der Waals surface area contributed by atoms with Crippen LogP contribution in [0.25, 0.3) is 11.0 Å². The minimum atomic E-state index is -0.726. The molecule has 0 atom stereocenters. The first-order chi connectivity index (χ1) is 12.3. The number of carbonyl (C=O) groups excluding carboxylic acids is 2. The molecule has 1 fully saturated rings. The summed E-state index contributed by atoms with van der Waals surface area (Å²) >= 11 is 0. The van der Waals surface area contributed by atoms with Gasteiger partial charge in [0.05, 0.1) is 12.0 Å². The Bertz CT molecular complexity index is 941.